The summed E-state index contributed by atoms with van der Waals surface area (Å²) in [4.78, 5) is 10.6. The van der Waals surface area contributed by atoms with Crippen molar-refractivity contribution in [2.45, 2.75) is 19.3 Å². The lowest BCUT2D eigenvalue weighted by Gasteiger charge is -2.18. The van der Waals surface area contributed by atoms with Crippen LogP contribution in [0.2, 0.25) is 0 Å². The lowest BCUT2D eigenvalue weighted by atomic mass is 9.87. The molecule has 0 bridgehead atoms. The summed E-state index contributed by atoms with van der Waals surface area (Å²) in [6, 6.07) is 5.10. The third kappa shape index (κ3) is 2.01. The van der Waals surface area contributed by atoms with Crippen LogP contribution in [0.5, 0.6) is 5.75 Å². The molecular formula is C12H12O3. The van der Waals surface area contributed by atoms with Crippen LogP contribution in [-0.4, -0.2) is 16.2 Å². The van der Waals surface area contributed by atoms with Crippen LogP contribution in [0.25, 0.3) is 5.57 Å². The average Bonchev–Trinajstić information content (AvgIpc) is 2.16. The summed E-state index contributed by atoms with van der Waals surface area (Å²) in [6.07, 6.45) is 3.90. The van der Waals surface area contributed by atoms with E-state index >= 15 is 0 Å². The van der Waals surface area contributed by atoms with Crippen molar-refractivity contribution in [1.82, 2.24) is 0 Å². The Morgan fingerprint density at radius 2 is 2.13 bits per heavy atom. The van der Waals surface area contributed by atoms with Gasteiger partial charge in [-0.2, -0.15) is 0 Å². The molecular weight excluding hydrogens is 192 g/mol. The molecule has 0 unspecified atom stereocenters. The van der Waals surface area contributed by atoms with Crippen molar-refractivity contribution < 1.29 is 15.0 Å². The molecule has 1 aromatic carbocycles. The van der Waals surface area contributed by atoms with Crippen LogP contribution in [-0.2, 0) is 11.2 Å². The van der Waals surface area contributed by atoms with Gasteiger partial charge in [0.05, 0.1) is 0 Å². The Morgan fingerprint density at radius 3 is 2.87 bits per heavy atom. The Hall–Kier alpha value is -1.77. The normalized spacial score (nSPS) is 17.5. The highest BCUT2D eigenvalue weighted by Gasteiger charge is 2.15. The van der Waals surface area contributed by atoms with Gasteiger partial charge in [-0.25, -0.2) is 4.79 Å². The molecule has 2 N–H and O–H groups in total. The minimum atomic E-state index is -0.911. The largest absolute Gasteiger partial charge is 0.508 e. The summed E-state index contributed by atoms with van der Waals surface area (Å²) >= 11 is 0. The van der Waals surface area contributed by atoms with Crippen LogP contribution in [0, 0.1) is 0 Å². The van der Waals surface area contributed by atoms with Gasteiger partial charge in [-0.15, -0.1) is 0 Å². The molecule has 1 aromatic rings. The first-order valence-corrected chi connectivity index (χ1v) is 4.92. The molecule has 0 fully saturated rings. The molecule has 78 valence electrons. The summed E-state index contributed by atoms with van der Waals surface area (Å²) in [7, 11) is 0. The molecule has 3 heteroatoms. The highest BCUT2D eigenvalue weighted by atomic mass is 16.4. The Bertz CT molecular complexity index is 432. The maximum absolute atomic E-state index is 10.6. The molecule has 2 rings (SSSR count). The minimum Gasteiger partial charge on any atom is -0.508 e. The van der Waals surface area contributed by atoms with Crippen molar-refractivity contribution in [3.05, 3.63) is 35.4 Å². The number of aryl methyl sites for hydroxylation is 1. The standard InChI is InChI=1S/C12H12O3/c13-10-4-5-11-8(6-10)2-1-3-9(11)7-12(14)15/h4-7,13H,1-3H2,(H,14,15)/b9-7+. The third-order valence-electron chi connectivity index (χ3n) is 2.62. The summed E-state index contributed by atoms with van der Waals surface area (Å²) in [5.74, 6) is -0.670. The number of aromatic hydroxyl groups is 1. The van der Waals surface area contributed by atoms with E-state index in [9.17, 15) is 9.90 Å². The number of hydrogen-bond donors (Lipinski definition) is 2. The molecule has 1 aliphatic rings. The predicted molar refractivity (Wildman–Crippen MR) is 56.7 cm³/mol. The number of allylic oxidation sites excluding steroid dienone is 1. The molecule has 0 heterocycles. The maximum Gasteiger partial charge on any atom is 0.328 e. The number of carboxylic acids is 1. The van der Waals surface area contributed by atoms with Gasteiger partial charge in [0, 0.05) is 6.08 Å². The minimum absolute atomic E-state index is 0.241. The second-order valence-electron chi connectivity index (χ2n) is 3.70. The lowest BCUT2D eigenvalue weighted by molar-refractivity contribution is -0.131. The summed E-state index contributed by atoms with van der Waals surface area (Å²) in [6.45, 7) is 0. The Kier molecular flexibility index (Phi) is 2.46. The third-order valence-corrected chi connectivity index (χ3v) is 2.62. The Morgan fingerprint density at radius 1 is 1.33 bits per heavy atom. The second-order valence-corrected chi connectivity index (χ2v) is 3.70. The number of benzene rings is 1. The van der Waals surface area contributed by atoms with Crippen LogP contribution in [0.1, 0.15) is 24.0 Å². The first kappa shape index (κ1) is 9.77. The zero-order valence-electron chi connectivity index (χ0n) is 8.23. The van der Waals surface area contributed by atoms with Crippen LogP contribution in [0.4, 0.5) is 0 Å². The number of carboxylic acid groups (broad SMARTS) is 1. The van der Waals surface area contributed by atoms with E-state index < -0.39 is 5.97 Å². The molecule has 0 radical (unpaired) electrons. The fraction of sp³-hybridized carbons (Fsp3) is 0.250. The number of hydrogen-bond acceptors (Lipinski definition) is 2. The monoisotopic (exact) mass is 204 g/mol. The number of fused-ring (bicyclic) bond motifs is 1. The first-order chi connectivity index (χ1) is 7.16. The molecule has 0 amide bonds. The van der Waals surface area contributed by atoms with E-state index in [-0.39, 0.29) is 5.75 Å². The summed E-state index contributed by atoms with van der Waals surface area (Å²) < 4.78 is 0. The molecule has 0 saturated heterocycles. The number of phenols is 1. The van der Waals surface area contributed by atoms with Crippen molar-refractivity contribution in [1.29, 1.82) is 0 Å². The van der Waals surface area contributed by atoms with E-state index in [0.717, 1.165) is 36.0 Å². The Balaban J connectivity index is 2.47. The van der Waals surface area contributed by atoms with E-state index in [0.29, 0.717) is 0 Å². The number of aliphatic carboxylic acids is 1. The fourth-order valence-corrected chi connectivity index (χ4v) is 2.00. The van der Waals surface area contributed by atoms with Gasteiger partial charge in [0.2, 0.25) is 0 Å². The van der Waals surface area contributed by atoms with Crippen molar-refractivity contribution in [2.24, 2.45) is 0 Å². The van der Waals surface area contributed by atoms with Gasteiger partial charge in [0.15, 0.2) is 0 Å². The van der Waals surface area contributed by atoms with E-state index in [1.807, 2.05) is 0 Å². The quantitative estimate of drug-likeness (QED) is 0.689. The van der Waals surface area contributed by atoms with E-state index in [1.54, 1.807) is 18.2 Å². The maximum atomic E-state index is 10.6. The van der Waals surface area contributed by atoms with Crippen molar-refractivity contribution in [2.75, 3.05) is 0 Å². The van der Waals surface area contributed by atoms with Crippen LogP contribution < -0.4 is 0 Å². The molecule has 0 spiro atoms. The highest BCUT2D eigenvalue weighted by Crippen LogP contribution is 2.32. The second kappa shape index (κ2) is 3.77. The molecule has 15 heavy (non-hydrogen) atoms. The topological polar surface area (TPSA) is 57.5 Å². The fourth-order valence-electron chi connectivity index (χ4n) is 2.00. The van der Waals surface area contributed by atoms with Crippen molar-refractivity contribution >= 4 is 11.5 Å². The van der Waals surface area contributed by atoms with Gasteiger partial charge in [0.1, 0.15) is 5.75 Å². The molecule has 3 nitrogen and oxygen atoms in total. The molecule has 0 atom stereocenters. The highest BCUT2D eigenvalue weighted by molar-refractivity contribution is 5.91. The van der Waals surface area contributed by atoms with Gasteiger partial charge >= 0.3 is 5.97 Å². The first-order valence-electron chi connectivity index (χ1n) is 4.92. The van der Waals surface area contributed by atoms with Crippen LogP contribution in [0.15, 0.2) is 24.3 Å². The van der Waals surface area contributed by atoms with Crippen LogP contribution >= 0.6 is 0 Å². The molecule has 0 saturated carbocycles. The summed E-state index contributed by atoms with van der Waals surface area (Å²) in [5.41, 5.74) is 2.85. The SMILES string of the molecule is O=C(O)/C=C1\CCCc2cc(O)ccc21. The zero-order chi connectivity index (χ0) is 10.8. The molecule has 1 aliphatic carbocycles. The zero-order valence-corrected chi connectivity index (χ0v) is 8.23. The average molecular weight is 204 g/mol. The Labute approximate surface area is 87.7 Å². The van der Waals surface area contributed by atoms with Crippen molar-refractivity contribution in [3.63, 3.8) is 0 Å². The lowest BCUT2D eigenvalue weighted by Crippen LogP contribution is -2.03. The van der Waals surface area contributed by atoms with Gasteiger partial charge in [0.25, 0.3) is 0 Å². The van der Waals surface area contributed by atoms with E-state index in [1.165, 1.54) is 6.08 Å². The van der Waals surface area contributed by atoms with E-state index in [4.69, 9.17) is 5.11 Å². The van der Waals surface area contributed by atoms with Gasteiger partial charge in [-0.3, -0.25) is 0 Å². The van der Waals surface area contributed by atoms with Crippen molar-refractivity contribution in [3.8, 4) is 5.75 Å². The number of rotatable bonds is 1. The van der Waals surface area contributed by atoms with Crippen LogP contribution in [0.3, 0.4) is 0 Å². The summed E-state index contributed by atoms with van der Waals surface area (Å²) in [5, 5.41) is 18.0. The van der Waals surface area contributed by atoms with Gasteiger partial charge in [-0.1, -0.05) is 6.07 Å². The number of carbonyl (C=O) groups is 1. The van der Waals surface area contributed by atoms with Gasteiger partial charge in [-0.05, 0) is 48.1 Å². The predicted octanol–water partition coefficient (Wildman–Crippen LogP) is 2.20. The smallest absolute Gasteiger partial charge is 0.328 e. The molecule has 0 aromatic heterocycles. The van der Waals surface area contributed by atoms with Gasteiger partial charge < -0.3 is 10.2 Å². The number of phenolic OH excluding ortho intramolecular Hbond substituents is 1. The molecule has 0 aliphatic heterocycles. The van der Waals surface area contributed by atoms with E-state index in [2.05, 4.69) is 0 Å².